The third-order valence-electron chi connectivity index (χ3n) is 4.93. The zero-order valence-electron chi connectivity index (χ0n) is 18.5. The minimum Gasteiger partial charge on any atom is -0.335 e. The topological polar surface area (TPSA) is 9.72 Å². The maximum absolute atomic E-state index is 5.54. The fourth-order valence-electron chi connectivity index (χ4n) is 3.57. The van der Waals surface area contributed by atoms with Crippen LogP contribution in [0, 0.1) is 5.92 Å². The van der Waals surface area contributed by atoms with E-state index in [2.05, 4.69) is 96.9 Å². The highest BCUT2D eigenvalue weighted by Gasteiger charge is 2.35. The molecule has 0 aliphatic carbocycles. The number of rotatable bonds is 9. The van der Waals surface area contributed by atoms with Crippen molar-refractivity contribution < 1.29 is 0 Å². The molecule has 172 valence electrons. The standard InChI is InChI=1S/C21H31N3S7/c1-7-22(18(26)27)21(5,6)23(19(28)29)12-16-10-8-9-15(11-13(2)3)17(16)24(14(4)25)20(30)31/h8-10,13,25H,4,7,11-12H2,1-3,5-6H3,(H,26,27)(H,28,29)(H,30,31). The summed E-state index contributed by atoms with van der Waals surface area (Å²) in [5.41, 5.74) is 2.52. The molecular formula is C21H31N3S7. The third-order valence-corrected chi connectivity index (χ3v) is 6.44. The molecule has 0 amide bonds. The predicted molar refractivity (Wildman–Crippen MR) is 162 cm³/mol. The lowest BCUT2D eigenvalue weighted by molar-refractivity contribution is 0.0764. The van der Waals surface area contributed by atoms with Crippen molar-refractivity contribution in [2.75, 3.05) is 11.4 Å². The van der Waals surface area contributed by atoms with Gasteiger partial charge >= 0.3 is 0 Å². The van der Waals surface area contributed by atoms with Crippen molar-refractivity contribution in [2.24, 2.45) is 5.92 Å². The molecule has 0 heterocycles. The van der Waals surface area contributed by atoms with Gasteiger partial charge in [0.05, 0.1) is 10.7 Å². The normalized spacial score (nSPS) is 11.3. The molecule has 0 aromatic heterocycles. The molecule has 3 nitrogen and oxygen atoms in total. The number of anilines is 1. The Morgan fingerprint density at radius 2 is 1.48 bits per heavy atom. The Hall–Kier alpha value is 0.0300. The summed E-state index contributed by atoms with van der Waals surface area (Å²) in [7, 11) is 0. The van der Waals surface area contributed by atoms with E-state index < -0.39 is 5.66 Å². The van der Waals surface area contributed by atoms with Crippen LogP contribution in [0.25, 0.3) is 0 Å². The molecule has 0 saturated carbocycles. The second-order valence-electron chi connectivity index (χ2n) is 7.95. The molecule has 0 bridgehead atoms. The van der Waals surface area contributed by atoms with Crippen molar-refractivity contribution in [2.45, 2.75) is 53.2 Å². The average Bonchev–Trinajstić information content (AvgIpc) is 2.60. The van der Waals surface area contributed by atoms with Gasteiger partial charge in [-0.05, 0) is 44.2 Å². The number of thiocarbonyl (C=S) groups is 3. The van der Waals surface area contributed by atoms with Gasteiger partial charge in [0.1, 0.15) is 18.6 Å². The van der Waals surface area contributed by atoms with Gasteiger partial charge in [-0.25, -0.2) is 0 Å². The smallest absolute Gasteiger partial charge is 0.142 e. The molecule has 0 unspecified atom stereocenters. The summed E-state index contributed by atoms with van der Waals surface area (Å²) in [5.74, 6) is 0.452. The van der Waals surface area contributed by atoms with Crippen LogP contribution in [0.3, 0.4) is 0 Å². The van der Waals surface area contributed by atoms with E-state index in [0.29, 0.717) is 37.0 Å². The van der Waals surface area contributed by atoms with Gasteiger partial charge in [0.2, 0.25) is 0 Å². The van der Waals surface area contributed by atoms with Crippen LogP contribution in [0.2, 0.25) is 0 Å². The molecule has 0 aliphatic rings. The molecule has 0 N–H and O–H groups in total. The number of hydrogen-bond donors (Lipinski definition) is 4. The van der Waals surface area contributed by atoms with E-state index in [-0.39, 0.29) is 0 Å². The Kier molecular flexibility index (Phi) is 11.7. The molecule has 10 heteroatoms. The van der Waals surface area contributed by atoms with E-state index in [1.807, 2.05) is 22.8 Å². The highest BCUT2D eigenvalue weighted by atomic mass is 32.1. The second kappa shape index (κ2) is 12.5. The minimum atomic E-state index is -0.554. The number of nitrogens with zero attached hydrogens (tertiary/aromatic N) is 3. The largest absolute Gasteiger partial charge is 0.335 e. The van der Waals surface area contributed by atoms with Crippen molar-refractivity contribution in [1.29, 1.82) is 0 Å². The first kappa shape index (κ1) is 29.1. The van der Waals surface area contributed by atoms with E-state index in [4.69, 9.17) is 36.7 Å². The fourth-order valence-corrected chi connectivity index (χ4v) is 5.68. The highest BCUT2D eigenvalue weighted by Crippen LogP contribution is 2.35. The molecule has 0 saturated heterocycles. The summed E-state index contributed by atoms with van der Waals surface area (Å²) >= 11 is 34.3. The van der Waals surface area contributed by atoms with E-state index in [1.165, 1.54) is 0 Å². The quantitative estimate of drug-likeness (QED) is 0.156. The van der Waals surface area contributed by atoms with Crippen LogP contribution in [0.5, 0.6) is 0 Å². The molecule has 1 rings (SSSR count). The zero-order chi connectivity index (χ0) is 24.1. The van der Waals surface area contributed by atoms with Crippen LogP contribution in [0.1, 0.15) is 45.7 Å². The molecule has 0 spiro atoms. The summed E-state index contributed by atoms with van der Waals surface area (Å²) < 4.78 is 1.33. The second-order valence-corrected chi connectivity index (χ2v) is 11.8. The van der Waals surface area contributed by atoms with Gasteiger partial charge in [-0.2, -0.15) is 0 Å². The predicted octanol–water partition coefficient (Wildman–Crippen LogP) is 6.60. The van der Waals surface area contributed by atoms with Crippen LogP contribution in [-0.4, -0.2) is 35.0 Å². The van der Waals surface area contributed by atoms with Crippen molar-refractivity contribution in [1.82, 2.24) is 9.80 Å². The monoisotopic (exact) mass is 549 g/mol. The van der Waals surface area contributed by atoms with E-state index in [0.717, 1.165) is 23.2 Å². The lowest BCUT2D eigenvalue weighted by Crippen LogP contribution is -2.58. The number of thiol groups is 4. The Labute approximate surface area is 225 Å². The third kappa shape index (κ3) is 7.52. The SMILES string of the molecule is C=C(S)N(C(=S)S)c1c(CC(C)C)cccc1CN(C(=S)S)C(C)(C)N(CC)C(=S)S. The van der Waals surface area contributed by atoms with E-state index in [1.54, 1.807) is 4.90 Å². The van der Waals surface area contributed by atoms with Crippen LogP contribution in [0.15, 0.2) is 29.8 Å². The zero-order valence-corrected chi connectivity index (χ0v) is 24.5. The molecule has 1 aromatic carbocycles. The summed E-state index contributed by atoms with van der Waals surface area (Å²) in [5, 5.41) is 0.503. The minimum absolute atomic E-state index is 0.378. The van der Waals surface area contributed by atoms with Crippen LogP contribution >= 0.6 is 87.2 Å². The first-order chi connectivity index (χ1) is 14.2. The number of para-hydroxylation sites is 1. The van der Waals surface area contributed by atoms with Gasteiger partial charge in [0.15, 0.2) is 0 Å². The summed E-state index contributed by atoms with van der Waals surface area (Å²) in [6, 6.07) is 6.20. The Bertz CT molecular complexity index is 837. The highest BCUT2D eigenvalue weighted by molar-refractivity contribution is 8.12. The maximum Gasteiger partial charge on any atom is 0.142 e. The average molecular weight is 550 g/mol. The Morgan fingerprint density at radius 3 is 1.87 bits per heavy atom. The van der Waals surface area contributed by atoms with Crippen LogP contribution in [0.4, 0.5) is 5.69 Å². The van der Waals surface area contributed by atoms with Gasteiger partial charge in [0, 0.05) is 13.1 Å². The van der Waals surface area contributed by atoms with Crippen molar-refractivity contribution >= 4 is 106 Å². The number of hydrogen-bond acceptors (Lipinski definition) is 4. The van der Waals surface area contributed by atoms with Gasteiger partial charge < -0.3 is 9.80 Å². The molecular weight excluding hydrogens is 519 g/mol. The molecule has 0 fully saturated rings. The molecule has 0 aliphatic heterocycles. The van der Waals surface area contributed by atoms with Crippen LogP contribution < -0.4 is 4.90 Å². The van der Waals surface area contributed by atoms with E-state index in [9.17, 15) is 0 Å². The van der Waals surface area contributed by atoms with Crippen molar-refractivity contribution in [3.05, 3.63) is 40.9 Å². The van der Waals surface area contributed by atoms with Gasteiger partial charge in [-0.1, -0.05) is 75.3 Å². The summed E-state index contributed by atoms with van der Waals surface area (Å²) in [6.07, 6.45) is 0.869. The first-order valence-corrected chi connectivity index (χ1v) is 12.8. The maximum atomic E-state index is 5.54. The lowest BCUT2D eigenvalue weighted by Gasteiger charge is -2.47. The van der Waals surface area contributed by atoms with Crippen molar-refractivity contribution in [3.8, 4) is 0 Å². The molecule has 1 aromatic rings. The van der Waals surface area contributed by atoms with Gasteiger partial charge in [-0.3, -0.25) is 4.90 Å². The summed E-state index contributed by atoms with van der Waals surface area (Å²) in [4.78, 5) is 5.82. The van der Waals surface area contributed by atoms with Crippen LogP contribution in [-0.2, 0) is 13.0 Å². The fraction of sp³-hybridized carbons (Fsp3) is 0.476. The first-order valence-electron chi connectivity index (χ1n) is 9.78. The molecule has 0 radical (unpaired) electrons. The lowest BCUT2D eigenvalue weighted by atomic mass is 9.97. The van der Waals surface area contributed by atoms with Crippen molar-refractivity contribution in [3.63, 3.8) is 0 Å². The summed E-state index contributed by atoms with van der Waals surface area (Å²) in [6.45, 7) is 15.7. The van der Waals surface area contributed by atoms with E-state index >= 15 is 0 Å². The molecule has 0 atom stereocenters. The number of benzene rings is 1. The Balaban J connectivity index is 3.68. The Morgan fingerprint density at radius 1 is 0.968 bits per heavy atom. The van der Waals surface area contributed by atoms with Gasteiger partial charge in [0.25, 0.3) is 0 Å². The molecule has 31 heavy (non-hydrogen) atoms. The van der Waals surface area contributed by atoms with Gasteiger partial charge in [-0.15, -0.1) is 50.5 Å².